The Morgan fingerprint density at radius 2 is 2.20 bits per heavy atom. The molecule has 0 aliphatic carbocycles. The average molecular weight is 312 g/mol. The molecule has 0 saturated carbocycles. The zero-order valence-electron chi connectivity index (χ0n) is 9.69. The van der Waals surface area contributed by atoms with Gasteiger partial charge < -0.3 is 5.11 Å². The van der Waals surface area contributed by atoms with Crippen LogP contribution >= 0.6 is 23.4 Å². The van der Waals surface area contributed by atoms with Crippen molar-refractivity contribution >= 4 is 35.0 Å². The van der Waals surface area contributed by atoms with Crippen LogP contribution in [0.5, 0.6) is 0 Å². The van der Waals surface area contributed by atoms with E-state index >= 15 is 0 Å². The monoisotopic (exact) mass is 311 g/mol. The van der Waals surface area contributed by atoms with Crippen molar-refractivity contribution < 1.29 is 14.8 Å². The first-order chi connectivity index (χ1) is 9.49. The topological polar surface area (TPSA) is 106 Å². The quantitative estimate of drug-likeness (QED) is 0.683. The average Bonchev–Trinajstić information content (AvgIpc) is 2.41. The van der Waals surface area contributed by atoms with Crippen LogP contribution in [0.2, 0.25) is 5.02 Å². The molecule has 1 N–H and O–H groups in total. The van der Waals surface area contributed by atoms with E-state index in [-0.39, 0.29) is 5.03 Å². The normalized spacial score (nSPS) is 10.2. The Morgan fingerprint density at radius 3 is 2.80 bits per heavy atom. The van der Waals surface area contributed by atoms with Crippen molar-refractivity contribution in [1.82, 2.24) is 9.97 Å². The number of hydrogen-bond donors (Lipinski definition) is 1. The minimum atomic E-state index is -1.40. The predicted molar refractivity (Wildman–Crippen MR) is 71.2 cm³/mol. The summed E-state index contributed by atoms with van der Waals surface area (Å²) in [6, 6.07) is 4.40. The van der Waals surface area contributed by atoms with Crippen LogP contribution in [-0.4, -0.2) is 26.0 Å². The molecule has 0 bridgehead atoms. The van der Waals surface area contributed by atoms with Crippen LogP contribution in [0.25, 0.3) is 0 Å². The van der Waals surface area contributed by atoms with E-state index in [4.69, 9.17) is 16.7 Å². The number of halogens is 1. The summed E-state index contributed by atoms with van der Waals surface area (Å²) in [7, 11) is 0. The first kappa shape index (κ1) is 14.2. The molecular weight excluding hydrogens is 306 g/mol. The minimum Gasteiger partial charge on any atom is -0.477 e. The maximum absolute atomic E-state index is 11.0. The van der Waals surface area contributed by atoms with Gasteiger partial charge in [0, 0.05) is 6.20 Å². The molecule has 0 aliphatic heterocycles. The van der Waals surface area contributed by atoms with Gasteiger partial charge in [-0.1, -0.05) is 11.6 Å². The van der Waals surface area contributed by atoms with E-state index in [0.29, 0.717) is 10.0 Å². The lowest BCUT2D eigenvalue weighted by Gasteiger charge is -2.03. The van der Waals surface area contributed by atoms with E-state index in [1.807, 2.05) is 0 Å². The Hall–Kier alpha value is -2.19. The van der Waals surface area contributed by atoms with E-state index in [9.17, 15) is 14.9 Å². The number of carbonyl (C=O) groups is 1. The lowest BCUT2D eigenvalue weighted by molar-refractivity contribution is -0.385. The van der Waals surface area contributed by atoms with Gasteiger partial charge in [-0.2, -0.15) is 0 Å². The Kier molecular flexibility index (Phi) is 4.16. The number of rotatable bonds is 4. The molecule has 0 spiro atoms. The summed E-state index contributed by atoms with van der Waals surface area (Å²) >= 11 is 6.95. The predicted octanol–water partition coefficient (Wildman–Crippen LogP) is 2.89. The fourth-order valence-electron chi connectivity index (χ4n) is 1.35. The molecule has 0 amide bonds. The Balaban J connectivity index is 2.40. The van der Waals surface area contributed by atoms with Crippen molar-refractivity contribution in [1.29, 1.82) is 0 Å². The van der Waals surface area contributed by atoms with E-state index in [0.717, 1.165) is 24.0 Å². The van der Waals surface area contributed by atoms with Gasteiger partial charge in [-0.3, -0.25) is 10.1 Å². The lowest BCUT2D eigenvalue weighted by atomic mass is 10.2. The third kappa shape index (κ3) is 3.03. The summed E-state index contributed by atoms with van der Waals surface area (Å²) in [6.45, 7) is 0. The molecule has 102 valence electrons. The number of carboxylic acid groups (broad SMARTS) is 1. The molecule has 9 heteroatoms. The maximum atomic E-state index is 11.0. The fraction of sp³-hybridized carbons (Fsp3) is 0. The van der Waals surface area contributed by atoms with Crippen molar-refractivity contribution in [3.63, 3.8) is 0 Å². The standard InChI is InChI=1S/C11H6ClN3O4S/c12-7-2-1-3-13-10(7)20-9-4-6(11(16)17)8(5-14-9)15(18)19/h1-5H,(H,16,17). The summed E-state index contributed by atoms with van der Waals surface area (Å²) in [4.78, 5) is 28.8. The molecule has 0 aromatic carbocycles. The van der Waals surface area contributed by atoms with Gasteiger partial charge in [-0.15, -0.1) is 0 Å². The van der Waals surface area contributed by atoms with Crippen molar-refractivity contribution in [2.24, 2.45) is 0 Å². The summed E-state index contributed by atoms with van der Waals surface area (Å²) in [5.74, 6) is -1.40. The first-order valence-corrected chi connectivity index (χ1v) is 6.34. The van der Waals surface area contributed by atoms with E-state index < -0.39 is 22.1 Å². The second-order valence-electron chi connectivity index (χ2n) is 3.49. The highest BCUT2D eigenvalue weighted by atomic mass is 35.5. The second kappa shape index (κ2) is 5.85. The molecule has 0 aliphatic rings. The molecule has 7 nitrogen and oxygen atoms in total. The highest BCUT2D eigenvalue weighted by Gasteiger charge is 2.21. The molecule has 2 rings (SSSR count). The number of aromatic nitrogens is 2. The molecule has 0 atom stereocenters. The molecule has 0 saturated heterocycles. The van der Waals surface area contributed by atoms with Gasteiger partial charge >= 0.3 is 11.7 Å². The summed E-state index contributed by atoms with van der Waals surface area (Å²) < 4.78 is 0. The highest BCUT2D eigenvalue weighted by molar-refractivity contribution is 7.99. The number of nitro groups is 1. The van der Waals surface area contributed by atoms with Crippen molar-refractivity contribution in [2.45, 2.75) is 10.1 Å². The fourth-order valence-corrected chi connectivity index (χ4v) is 2.34. The molecular formula is C11H6ClN3O4S. The number of carboxylic acids is 1. The molecule has 2 aromatic heterocycles. The van der Waals surface area contributed by atoms with Crippen molar-refractivity contribution in [3.8, 4) is 0 Å². The van der Waals surface area contributed by atoms with Gasteiger partial charge in [-0.05, 0) is 30.0 Å². The van der Waals surface area contributed by atoms with Crippen LogP contribution in [0.4, 0.5) is 5.69 Å². The third-order valence-electron chi connectivity index (χ3n) is 2.21. The number of nitrogens with zero attached hydrogens (tertiary/aromatic N) is 3. The summed E-state index contributed by atoms with van der Waals surface area (Å²) in [5.41, 5.74) is -0.992. The van der Waals surface area contributed by atoms with Gasteiger partial charge in [0.2, 0.25) is 0 Å². The maximum Gasteiger partial charge on any atom is 0.342 e. The van der Waals surface area contributed by atoms with Gasteiger partial charge in [0.15, 0.2) is 0 Å². The molecule has 2 heterocycles. The highest BCUT2D eigenvalue weighted by Crippen LogP contribution is 2.31. The van der Waals surface area contributed by atoms with Crippen LogP contribution in [0.3, 0.4) is 0 Å². The molecule has 2 aromatic rings. The smallest absolute Gasteiger partial charge is 0.342 e. The Bertz CT molecular complexity index is 695. The SMILES string of the molecule is O=C(O)c1cc(Sc2ncccc2Cl)ncc1[N+](=O)[O-]. The van der Waals surface area contributed by atoms with Gasteiger partial charge in [-0.25, -0.2) is 14.8 Å². The first-order valence-electron chi connectivity index (χ1n) is 5.15. The summed E-state index contributed by atoms with van der Waals surface area (Å²) in [6.07, 6.45) is 2.43. The van der Waals surface area contributed by atoms with Crippen molar-refractivity contribution in [3.05, 3.63) is 51.3 Å². The van der Waals surface area contributed by atoms with E-state index in [1.54, 1.807) is 12.1 Å². The summed E-state index contributed by atoms with van der Waals surface area (Å²) in [5, 5.41) is 20.8. The third-order valence-corrected chi connectivity index (χ3v) is 3.58. The van der Waals surface area contributed by atoms with Crippen LogP contribution in [0.1, 0.15) is 10.4 Å². The Morgan fingerprint density at radius 1 is 1.45 bits per heavy atom. The number of hydrogen-bond acceptors (Lipinski definition) is 6. The minimum absolute atomic E-state index is 0.258. The molecule has 0 radical (unpaired) electrons. The molecule has 20 heavy (non-hydrogen) atoms. The van der Waals surface area contributed by atoms with E-state index in [1.165, 1.54) is 6.20 Å². The Labute approximate surface area is 121 Å². The number of pyridine rings is 2. The van der Waals surface area contributed by atoms with Gasteiger partial charge in [0.25, 0.3) is 0 Å². The van der Waals surface area contributed by atoms with Crippen molar-refractivity contribution in [2.75, 3.05) is 0 Å². The molecule has 0 fully saturated rings. The second-order valence-corrected chi connectivity index (χ2v) is 4.91. The van der Waals surface area contributed by atoms with Crippen LogP contribution in [0.15, 0.2) is 40.6 Å². The van der Waals surface area contributed by atoms with Crippen LogP contribution in [0, 0.1) is 10.1 Å². The lowest BCUT2D eigenvalue weighted by Crippen LogP contribution is -2.03. The van der Waals surface area contributed by atoms with E-state index in [2.05, 4.69) is 9.97 Å². The van der Waals surface area contributed by atoms with Crippen LogP contribution in [-0.2, 0) is 0 Å². The largest absolute Gasteiger partial charge is 0.477 e. The zero-order chi connectivity index (χ0) is 14.7. The zero-order valence-corrected chi connectivity index (χ0v) is 11.3. The van der Waals surface area contributed by atoms with Gasteiger partial charge in [0.05, 0.1) is 9.95 Å². The van der Waals surface area contributed by atoms with Crippen LogP contribution < -0.4 is 0 Å². The molecule has 0 unspecified atom stereocenters. The number of aromatic carboxylic acids is 1. The van der Waals surface area contributed by atoms with Gasteiger partial charge in [0.1, 0.15) is 21.8 Å².